The predicted molar refractivity (Wildman–Crippen MR) is 109 cm³/mol. The number of methoxy groups -OCH3 is 2. The first-order valence-electron chi connectivity index (χ1n) is 8.76. The van der Waals surface area contributed by atoms with Crippen LogP contribution >= 0.6 is 0 Å². The smallest absolute Gasteiger partial charge is 0.339 e. The highest BCUT2D eigenvalue weighted by molar-refractivity contribution is 6.25. The van der Waals surface area contributed by atoms with E-state index in [0.29, 0.717) is 11.4 Å². The summed E-state index contributed by atoms with van der Waals surface area (Å²) in [7, 11) is 3.24. The number of hydrogen-bond donors (Lipinski definition) is 2. The number of hydrogen-bond acceptors (Lipinski definition) is 4. The molecule has 0 aliphatic heterocycles. The number of nitrogens with zero attached hydrogens (tertiary/aromatic N) is 1. The van der Waals surface area contributed by atoms with Gasteiger partial charge in [-0.15, -0.1) is 0 Å². The number of anilines is 1. The van der Waals surface area contributed by atoms with Crippen molar-refractivity contribution in [2.24, 2.45) is 5.10 Å². The fourth-order valence-electron chi connectivity index (χ4n) is 3.21. The van der Waals surface area contributed by atoms with Crippen molar-refractivity contribution in [2.75, 3.05) is 19.5 Å². The topological polar surface area (TPSA) is 72.0 Å². The van der Waals surface area contributed by atoms with Crippen LogP contribution < -0.4 is 20.2 Å². The molecule has 0 heterocycles. The van der Waals surface area contributed by atoms with Crippen molar-refractivity contribution in [1.82, 2.24) is 5.43 Å². The zero-order valence-electron chi connectivity index (χ0n) is 15.5. The number of amides is 2. The Morgan fingerprint density at radius 3 is 1.89 bits per heavy atom. The first-order chi connectivity index (χ1) is 13.7. The van der Waals surface area contributed by atoms with Crippen LogP contribution in [0.1, 0.15) is 11.1 Å². The summed E-state index contributed by atoms with van der Waals surface area (Å²) in [5.74, 6) is 1.44. The summed E-state index contributed by atoms with van der Waals surface area (Å²) in [5.41, 5.74) is 7.78. The molecule has 1 aliphatic carbocycles. The number of para-hydroxylation sites is 1. The van der Waals surface area contributed by atoms with E-state index in [1.54, 1.807) is 14.2 Å². The van der Waals surface area contributed by atoms with E-state index < -0.39 is 6.03 Å². The van der Waals surface area contributed by atoms with Gasteiger partial charge in [-0.25, -0.2) is 10.2 Å². The molecule has 0 fully saturated rings. The molecule has 6 heteroatoms. The van der Waals surface area contributed by atoms with Crippen LogP contribution in [0.2, 0.25) is 0 Å². The summed E-state index contributed by atoms with van der Waals surface area (Å²) in [6.45, 7) is 0. The molecule has 0 spiro atoms. The number of benzene rings is 3. The fourth-order valence-corrected chi connectivity index (χ4v) is 3.21. The Morgan fingerprint density at radius 2 is 1.36 bits per heavy atom. The number of urea groups is 1. The van der Waals surface area contributed by atoms with Crippen LogP contribution in [0.4, 0.5) is 10.5 Å². The normalized spacial score (nSPS) is 11.3. The predicted octanol–water partition coefficient (Wildman–Crippen LogP) is 4.26. The van der Waals surface area contributed by atoms with Crippen molar-refractivity contribution in [1.29, 1.82) is 0 Å². The molecule has 3 aromatic rings. The van der Waals surface area contributed by atoms with Crippen molar-refractivity contribution in [3.05, 3.63) is 77.9 Å². The summed E-state index contributed by atoms with van der Waals surface area (Å²) in [6.07, 6.45) is 0. The lowest BCUT2D eigenvalue weighted by Crippen LogP contribution is -2.25. The molecule has 0 aromatic heterocycles. The summed E-state index contributed by atoms with van der Waals surface area (Å²) in [4.78, 5) is 12.3. The average Bonchev–Trinajstić information content (AvgIpc) is 3.04. The molecule has 0 atom stereocenters. The van der Waals surface area contributed by atoms with Crippen molar-refractivity contribution >= 4 is 17.4 Å². The maximum Gasteiger partial charge on any atom is 0.339 e. The zero-order chi connectivity index (χ0) is 19.5. The standard InChI is InChI=1S/C22H19N3O3/c1-27-15-8-10-17-18-11-9-16(28-2)13-20(18)21(19(17)12-15)24-25-22(26)23-14-6-4-3-5-7-14/h3-13H,1-2H3,(H2,23,25,26). The second-order valence-corrected chi connectivity index (χ2v) is 6.22. The molecular formula is C22H19N3O3. The Bertz CT molecular complexity index is 1010. The lowest BCUT2D eigenvalue weighted by molar-refractivity contribution is 0.252. The van der Waals surface area contributed by atoms with Crippen molar-refractivity contribution in [2.45, 2.75) is 0 Å². The number of ether oxygens (including phenoxy) is 2. The van der Waals surface area contributed by atoms with Gasteiger partial charge in [0.15, 0.2) is 0 Å². The molecule has 0 unspecified atom stereocenters. The molecule has 4 rings (SSSR count). The van der Waals surface area contributed by atoms with Crippen LogP contribution in [-0.2, 0) is 0 Å². The Balaban J connectivity index is 1.69. The van der Waals surface area contributed by atoms with Crippen LogP contribution in [-0.4, -0.2) is 26.0 Å². The highest BCUT2D eigenvalue weighted by atomic mass is 16.5. The second kappa shape index (κ2) is 7.44. The van der Waals surface area contributed by atoms with E-state index >= 15 is 0 Å². The molecule has 2 N–H and O–H groups in total. The molecule has 2 amide bonds. The van der Waals surface area contributed by atoms with Gasteiger partial charge in [0.2, 0.25) is 0 Å². The Labute approximate surface area is 162 Å². The molecular weight excluding hydrogens is 354 g/mol. The van der Waals surface area contributed by atoms with Crippen LogP contribution in [0.5, 0.6) is 11.5 Å². The van der Waals surface area contributed by atoms with Gasteiger partial charge in [0.25, 0.3) is 0 Å². The summed E-state index contributed by atoms with van der Waals surface area (Å²) in [6, 6.07) is 20.4. The lowest BCUT2D eigenvalue weighted by Gasteiger charge is -2.07. The minimum atomic E-state index is -0.417. The first-order valence-corrected chi connectivity index (χ1v) is 8.76. The third-order valence-electron chi connectivity index (χ3n) is 4.55. The van der Waals surface area contributed by atoms with Crippen LogP contribution in [0.25, 0.3) is 11.1 Å². The van der Waals surface area contributed by atoms with E-state index in [0.717, 1.165) is 33.8 Å². The van der Waals surface area contributed by atoms with Gasteiger partial charge in [-0.05, 0) is 59.7 Å². The number of carbonyl (C=O) groups is 1. The van der Waals surface area contributed by atoms with Gasteiger partial charge in [0, 0.05) is 16.8 Å². The maximum absolute atomic E-state index is 12.3. The van der Waals surface area contributed by atoms with E-state index in [-0.39, 0.29) is 0 Å². The second-order valence-electron chi connectivity index (χ2n) is 6.22. The van der Waals surface area contributed by atoms with E-state index in [1.165, 1.54) is 0 Å². The molecule has 0 radical (unpaired) electrons. The molecule has 0 saturated heterocycles. The van der Waals surface area contributed by atoms with Gasteiger partial charge in [0.1, 0.15) is 11.5 Å². The highest BCUT2D eigenvalue weighted by Crippen LogP contribution is 2.40. The quantitative estimate of drug-likeness (QED) is 0.525. The highest BCUT2D eigenvalue weighted by Gasteiger charge is 2.26. The van der Waals surface area contributed by atoms with Gasteiger partial charge in [-0.3, -0.25) is 0 Å². The Hall–Kier alpha value is -3.80. The van der Waals surface area contributed by atoms with E-state index in [2.05, 4.69) is 15.8 Å². The van der Waals surface area contributed by atoms with E-state index in [4.69, 9.17) is 9.47 Å². The monoisotopic (exact) mass is 373 g/mol. The number of fused-ring (bicyclic) bond motifs is 3. The minimum absolute atomic E-state index is 0.417. The molecule has 1 aliphatic rings. The summed E-state index contributed by atoms with van der Waals surface area (Å²) < 4.78 is 10.7. The molecule has 0 saturated carbocycles. The van der Waals surface area contributed by atoms with Gasteiger partial charge >= 0.3 is 6.03 Å². The van der Waals surface area contributed by atoms with Crippen molar-refractivity contribution in [3.8, 4) is 22.6 Å². The lowest BCUT2D eigenvalue weighted by atomic mass is 10.1. The SMILES string of the molecule is COc1ccc2c(c1)C(=NNC(=O)Nc1ccccc1)c1cc(OC)ccc1-2. The molecule has 6 nitrogen and oxygen atoms in total. The van der Waals surface area contributed by atoms with Gasteiger partial charge in [-0.2, -0.15) is 5.10 Å². The number of nitrogens with one attached hydrogen (secondary N) is 2. The van der Waals surface area contributed by atoms with Gasteiger partial charge in [0.05, 0.1) is 19.9 Å². The van der Waals surface area contributed by atoms with E-state index in [9.17, 15) is 4.79 Å². The summed E-state index contributed by atoms with van der Waals surface area (Å²) in [5, 5.41) is 7.15. The van der Waals surface area contributed by atoms with Crippen LogP contribution in [0, 0.1) is 0 Å². The number of carbonyl (C=O) groups excluding carboxylic acids is 1. The average molecular weight is 373 g/mol. The number of rotatable bonds is 4. The van der Waals surface area contributed by atoms with Crippen molar-refractivity contribution in [3.63, 3.8) is 0 Å². The largest absolute Gasteiger partial charge is 0.497 e. The van der Waals surface area contributed by atoms with Gasteiger partial charge in [-0.1, -0.05) is 18.2 Å². The Morgan fingerprint density at radius 1 is 0.786 bits per heavy atom. The zero-order valence-corrected chi connectivity index (χ0v) is 15.5. The van der Waals surface area contributed by atoms with E-state index in [1.807, 2.05) is 66.7 Å². The third-order valence-corrected chi connectivity index (χ3v) is 4.55. The first kappa shape index (κ1) is 17.6. The minimum Gasteiger partial charge on any atom is -0.497 e. The molecule has 140 valence electrons. The van der Waals surface area contributed by atoms with Crippen LogP contribution in [0.3, 0.4) is 0 Å². The maximum atomic E-state index is 12.3. The molecule has 3 aromatic carbocycles. The van der Waals surface area contributed by atoms with Gasteiger partial charge < -0.3 is 14.8 Å². The van der Waals surface area contributed by atoms with Crippen molar-refractivity contribution < 1.29 is 14.3 Å². The number of hydrazone groups is 1. The molecule has 28 heavy (non-hydrogen) atoms. The fraction of sp³-hybridized carbons (Fsp3) is 0.0909. The van der Waals surface area contributed by atoms with Crippen LogP contribution in [0.15, 0.2) is 71.8 Å². The third kappa shape index (κ3) is 3.27. The Kier molecular flexibility index (Phi) is 4.68. The molecule has 0 bridgehead atoms. The summed E-state index contributed by atoms with van der Waals surface area (Å²) >= 11 is 0.